The summed E-state index contributed by atoms with van der Waals surface area (Å²) in [5.41, 5.74) is 5.48. The van der Waals surface area contributed by atoms with Crippen molar-refractivity contribution in [2.45, 2.75) is 25.7 Å². The molecule has 2 atom stereocenters. The third kappa shape index (κ3) is 2.50. The molecule has 0 aromatic rings. The molecule has 3 N–H and O–H groups in total. The average molecular weight is 157 g/mol. The maximum Gasteiger partial charge on any atom is 0.303 e. The van der Waals surface area contributed by atoms with Crippen LogP contribution in [0.5, 0.6) is 0 Å². The minimum absolute atomic E-state index is 0.330. The SMILES string of the molecule is NC[C@H]1CCC(CC(=O)O)C1. The third-order valence-corrected chi connectivity index (χ3v) is 2.45. The van der Waals surface area contributed by atoms with Crippen molar-refractivity contribution >= 4 is 5.97 Å². The van der Waals surface area contributed by atoms with E-state index in [0.717, 1.165) is 25.8 Å². The summed E-state index contributed by atoms with van der Waals surface area (Å²) in [5.74, 6) is 0.299. The van der Waals surface area contributed by atoms with E-state index in [1.807, 2.05) is 0 Å². The molecule has 0 bridgehead atoms. The summed E-state index contributed by atoms with van der Waals surface area (Å²) < 4.78 is 0. The normalized spacial score (nSPS) is 30.6. The Hall–Kier alpha value is -0.570. The molecule has 1 rings (SSSR count). The van der Waals surface area contributed by atoms with Crippen LogP contribution in [0.15, 0.2) is 0 Å². The molecule has 3 nitrogen and oxygen atoms in total. The van der Waals surface area contributed by atoms with E-state index in [1.165, 1.54) is 0 Å². The second-order valence-electron chi connectivity index (χ2n) is 3.38. The molecule has 0 radical (unpaired) electrons. The lowest BCUT2D eigenvalue weighted by Gasteiger charge is -2.05. The van der Waals surface area contributed by atoms with Gasteiger partial charge < -0.3 is 10.8 Å². The fourth-order valence-corrected chi connectivity index (χ4v) is 1.82. The molecule has 1 saturated carbocycles. The van der Waals surface area contributed by atoms with Gasteiger partial charge in [-0.2, -0.15) is 0 Å². The Morgan fingerprint density at radius 1 is 1.45 bits per heavy atom. The first-order valence-electron chi connectivity index (χ1n) is 4.14. The standard InChI is InChI=1S/C8H15NO2/c9-5-7-2-1-6(3-7)4-8(10)11/h6-7H,1-5,9H2,(H,10,11)/t6?,7-/m0/s1. The van der Waals surface area contributed by atoms with E-state index in [2.05, 4.69) is 0 Å². The lowest BCUT2D eigenvalue weighted by molar-refractivity contribution is -0.138. The first kappa shape index (κ1) is 8.53. The van der Waals surface area contributed by atoms with Crippen LogP contribution < -0.4 is 5.73 Å². The highest BCUT2D eigenvalue weighted by atomic mass is 16.4. The number of carboxylic acid groups (broad SMARTS) is 1. The lowest BCUT2D eigenvalue weighted by atomic mass is 10.0. The molecular formula is C8H15NO2. The summed E-state index contributed by atoms with van der Waals surface area (Å²) in [6, 6.07) is 0. The first-order chi connectivity index (χ1) is 5.22. The molecule has 11 heavy (non-hydrogen) atoms. The number of rotatable bonds is 3. The largest absolute Gasteiger partial charge is 0.481 e. The molecular weight excluding hydrogens is 142 g/mol. The van der Waals surface area contributed by atoms with E-state index in [0.29, 0.717) is 18.3 Å². The number of hydrogen-bond donors (Lipinski definition) is 2. The van der Waals surface area contributed by atoms with E-state index in [9.17, 15) is 4.79 Å². The predicted octanol–water partition coefficient (Wildman–Crippen LogP) is 0.836. The summed E-state index contributed by atoms with van der Waals surface area (Å²) in [4.78, 5) is 10.3. The van der Waals surface area contributed by atoms with Crippen LogP contribution in [-0.4, -0.2) is 17.6 Å². The summed E-state index contributed by atoms with van der Waals surface area (Å²) in [6.07, 6.45) is 3.52. The predicted molar refractivity (Wildman–Crippen MR) is 42.1 cm³/mol. The van der Waals surface area contributed by atoms with Crippen molar-refractivity contribution < 1.29 is 9.90 Å². The molecule has 64 valence electrons. The van der Waals surface area contributed by atoms with Crippen molar-refractivity contribution in [3.05, 3.63) is 0 Å². The molecule has 0 aromatic heterocycles. The van der Waals surface area contributed by atoms with Crippen LogP contribution in [0.25, 0.3) is 0 Å². The molecule has 1 unspecified atom stereocenters. The van der Waals surface area contributed by atoms with Gasteiger partial charge in [0.05, 0.1) is 0 Å². The molecule has 3 heteroatoms. The van der Waals surface area contributed by atoms with Crippen molar-refractivity contribution in [1.29, 1.82) is 0 Å². The van der Waals surface area contributed by atoms with Crippen LogP contribution >= 0.6 is 0 Å². The van der Waals surface area contributed by atoms with Gasteiger partial charge in [-0.05, 0) is 37.6 Å². The highest BCUT2D eigenvalue weighted by molar-refractivity contribution is 5.67. The van der Waals surface area contributed by atoms with Crippen molar-refractivity contribution in [2.75, 3.05) is 6.54 Å². The monoisotopic (exact) mass is 157 g/mol. The Labute approximate surface area is 66.6 Å². The molecule has 1 aliphatic carbocycles. The van der Waals surface area contributed by atoms with Gasteiger partial charge in [0.15, 0.2) is 0 Å². The number of carboxylic acids is 1. The summed E-state index contributed by atoms with van der Waals surface area (Å²) in [6.45, 7) is 0.718. The van der Waals surface area contributed by atoms with E-state index < -0.39 is 5.97 Å². The fourth-order valence-electron chi connectivity index (χ4n) is 1.82. The summed E-state index contributed by atoms with van der Waals surface area (Å²) in [7, 11) is 0. The summed E-state index contributed by atoms with van der Waals surface area (Å²) >= 11 is 0. The van der Waals surface area contributed by atoms with Gasteiger partial charge in [-0.1, -0.05) is 0 Å². The lowest BCUT2D eigenvalue weighted by Crippen LogP contribution is -2.11. The average Bonchev–Trinajstić information content (AvgIpc) is 2.34. The van der Waals surface area contributed by atoms with Crippen molar-refractivity contribution in [1.82, 2.24) is 0 Å². The van der Waals surface area contributed by atoms with Gasteiger partial charge in [0.1, 0.15) is 0 Å². The first-order valence-corrected chi connectivity index (χ1v) is 4.14. The van der Waals surface area contributed by atoms with E-state index >= 15 is 0 Å². The van der Waals surface area contributed by atoms with E-state index in [4.69, 9.17) is 10.8 Å². The zero-order chi connectivity index (χ0) is 8.27. The number of aliphatic carboxylic acids is 1. The second kappa shape index (κ2) is 3.72. The summed E-state index contributed by atoms with van der Waals surface area (Å²) in [5, 5.41) is 8.50. The van der Waals surface area contributed by atoms with Gasteiger partial charge in [-0.3, -0.25) is 4.79 Å². The highest BCUT2D eigenvalue weighted by Gasteiger charge is 2.24. The van der Waals surface area contributed by atoms with Crippen molar-refractivity contribution in [2.24, 2.45) is 17.6 Å². The zero-order valence-electron chi connectivity index (χ0n) is 6.62. The molecule has 0 aromatic carbocycles. The van der Waals surface area contributed by atoms with Gasteiger partial charge in [0, 0.05) is 6.42 Å². The van der Waals surface area contributed by atoms with Gasteiger partial charge in [0.2, 0.25) is 0 Å². The van der Waals surface area contributed by atoms with E-state index in [-0.39, 0.29) is 0 Å². The highest BCUT2D eigenvalue weighted by Crippen LogP contribution is 2.32. The number of carbonyl (C=O) groups is 1. The Morgan fingerprint density at radius 3 is 2.55 bits per heavy atom. The number of hydrogen-bond acceptors (Lipinski definition) is 2. The molecule has 0 aliphatic heterocycles. The van der Waals surface area contributed by atoms with Crippen molar-refractivity contribution in [3.8, 4) is 0 Å². The van der Waals surface area contributed by atoms with Crippen LogP contribution in [0.1, 0.15) is 25.7 Å². The maximum absolute atomic E-state index is 10.3. The molecule has 0 heterocycles. The van der Waals surface area contributed by atoms with Gasteiger partial charge in [-0.15, -0.1) is 0 Å². The Morgan fingerprint density at radius 2 is 2.09 bits per heavy atom. The Bertz CT molecular complexity index is 147. The Kier molecular flexibility index (Phi) is 2.88. The van der Waals surface area contributed by atoms with Crippen LogP contribution in [-0.2, 0) is 4.79 Å². The van der Waals surface area contributed by atoms with Crippen molar-refractivity contribution in [3.63, 3.8) is 0 Å². The van der Waals surface area contributed by atoms with Gasteiger partial charge in [0.25, 0.3) is 0 Å². The molecule has 1 fully saturated rings. The Balaban J connectivity index is 2.24. The maximum atomic E-state index is 10.3. The molecule has 0 amide bonds. The van der Waals surface area contributed by atoms with Gasteiger partial charge in [-0.25, -0.2) is 0 Å². The minimum Gasteiger partial charge on any atom is -0.481 e. The number of nitrogens with two attached hydrogens (primary N) is 1. The zero-order valence-corrected chi connectivity index (χ0v) is 6.62. The van der Waals surface area contributed by atoms with Crippen LogP contribution in [0, 0.1) is 11.8 Å². The van der Waals surface area contributed by atoms with E-state index in [1.54, 1.807) is 0 Å². The van der Waals surface area contributed by atoms with Crippen LogP contribution in [0.2, 0.25) is 0 Å². The quantitative estimate of drug-likeness (QED) is 0.638. The minimum atomic E-state index is -0.673. The van der Waals surface area contributed by atoms with Crippen LogP contribution in [0.3, 0.4) is 0 Å². The fraction of sp³-hybridized carbons (Fsp3) is 0.875. The molecule has 1 aliphatic rings. The van der Waals surface area contributed by atoms with Gasteiger partial charge >= 0.3 is 5.97 Å². The van der Waals surface area contributed by atoms with Crippen LogP contribution in [0.4, 0.5) is 0 Å². The second-order valence-corrected chi connectivity index (χ2v) is 3.38. The third-order valence-electron chi connectivity index (χ3n) is 2.45. The molecule has 0 spiro atoms. The smallest absolute Gasteiger partial charge is 0.303 e. The molecule has 0 saturated heterocycles. The topological polar surface area (TPSA) is 63.3 Å².